The monoisotopic (exact) mass is 462 g/mol. The summed E-state index contributed by atoms with van der Waals surface area (Å²) in [5.41, 5.74) is 1.46. The molecule has 3 aromatic carbocycles. The first kappa shape index (κ1) is 23.5. The molecule has 2 N–H and O–H groups in total. The van der Waals surface area contributed by atoms with Gasteiger partial charge in [-0.3, -0.25) is 4.79 Å². The molecular formula is C23H21F3N2O3S. The summed E-state index contributed by atoms with van der Waals surface area (Å²) in [6.45, 7) is 3.54. The number of carbonyl (C=O) groups is 1. The molecule has 0 saturated heterocycles. The second-order valence-corrected chi connectivity index (χ2v) is 9.06. The van der Waals surface area contributed by atoms with Crippen LogP contribution < -0.4 is 10.0 Å². The molecule has 0 bridgehead atoms. The number of sulfonamides is 1. The minimum absolute atomic E-state index is 0.0191. The zero-order chi connectivity index (χ0) is 23.5. The summed E-state index contributed by atoms with van der Waals surface area (Å²) in [6, 6.07) is 15.6. The molecule has 0 radical (unpaired) electrons. The fraction of sp³-hybridized carbons (Fsp3) is 0.174. The van der Waals surface area contributed by atoms with Gasteiger partial charge >= 0.3 is 6.18 Å². The van der Waals surface area contributed by atoms with Gasteiger partial charge in [0.15, 0.2) is 0 Å². The van der Waals surface area contributed by atoms with Crippen LogP contribution in [-0.2, 0) is 22.7 Å². The Morgan fingerprint density at radius 1 is 0.938 bits per heavy atom. The molecule has 0 saturated carbocycles. The molecule has 3 rings (SSSR count). The second kappa shape index (κ2) is 9.13. The van der Waals surface area contributed by atoms with E-state index in [0.717, 1.165) is 17.7 Å². The zero-order valence-electron chi connectivity index (χ0n) is 17.3. The first-order chi connectivity index (χ1) is 15.0. The minimum Gasteiger partial charge on any atom is -0.322 e. The Morgan fingerprint density at radius 2 is 1.62 bits per heavy atom. The Balaban J connectivity index is 1.66. The molecule has 1 amide bonds. The highest BCUT2D eigenvalue weighted by Crippen LogP contribution is 2.30. The van der Waals surface area contributed by atoms with Gasteiger partial charge in [-0.15, -0.1) is 0 Å². The van der Waals surface area contributed by atoms with E-state index in [0.29, 0.717) is 11.1 Å². The molecule has 0 fully saturated rings. The third kappa shape index (κ3) is 5.74. The van der Waals surface area contributed by atoms with Gasteiger partial charge in [0.25, 0.3) is 5.91 Å². The lowest BCUT2D eigenvalue weighted by molar-refractivity contribution is -0.137. The highest BCUT2D eigenvalue weighted by Gasteiger charge is 2.30. The molecule has 3 aromatic rings. The Kier molecular flexibility index (Phi) is 6.71. The van der Waals surface area contributed by atoms with Crippen molar-refractivity contribution < 1.29 is 26.4 Å². The molecular weight excluding hydrogens is 441 g/mol. The molecule has 0 aliphatic heterocycles. The van der Waals surface area contributed by atoms with Crippen LogP contribution in [0.2, 0.25) is 0 Å². The van der Waals surface area contributed by atoms with Crippen molar-refractivity contribution in [1.82, 2.24) is 4.72 Å². The Hall–Kier alpha value is -3.17. The summed E-state index contributed by atoms with van der Waals surface area (Å²) >= 11 is 0. The fourth-order valence-electron chi connectivity index (χ4n) is 3.00. The number of hydrogen-bond acceptors (Lipinski definition) is 3. The van der Waals surface area contributed by atoms with Crippen LogP contribution in [0, 0.1) is 13.8 Å². The van der Waals surface area contributed by atoms with E-state index in [9.17, 15) is 26.4 Å². The van der Waals surface area contributed by atoms with Crippen LogP contribution in [0.5, 0.6) is 0 Å². The topological polar surface area (TPSA) is 75.3 Å². The molecule has 0 aromatic heterocycles. The number of aryl methyl sites for hydroxylation is 2. The van der Waals surface area contributed by atoms with Crippen molar-refractivity contribution in [3.8, 4) is 0 Å². The van der Waals surface area contributed by atoms with Crippen molar-refractivity contribution in [3.05, 3.63) is 94.5 Å². The predicted molar refractivity (Wildman–Crippen MR) is 116 cm³/mol. The van der Waals surface area contributed by atoms with E-state index in [-0.39, 0.29) is 22.7 Å². The summed E-state index contributed by atoms with van der Waals surface area (Å²) < 4.78 is 66.2. The van der Waals surface area contributed by atoms with E-state index in [1.54, 1.807) is 31.2 Å². The number of amides is 1. The quantitative estimate of drug-likeness (QED) is 0.538. The van der Waals surface area contributed by atoms with Gasteiger partial charge in [-0.1, -0.05) is 30.3 Å². The predicted octanol–water partition coefficient (Wildman–Crippen LogP) is 5.05. The number of hydrogen-bond donors (Lipinski definition) is 2. The van der Waals surface area contributed by atoms with Crippen molar-refractivity contribution in [2.24, 2.45) is 0 Å². The highest BCUT2D eigenvalue weighted by molar-refractivity contribution is 7.89. The van der Waals surface area contributed by atoms with Gasteiger partial charge in [0.1, 0.15) is 0 Å². The van der Waals surface area contributed by atoms with Gasteiger partial charge in [-0.2, -0.15) is 13.2 Å². The Bertz CT molecular complexity index is 1240. The SMILES string of the molecule is Cc1ccc(C)c(S(=O)(=O)NCc2ccc(C(=O)Nc3cccc(C(F)(F)F)c3)cc2)c1. The van der Waals surface area contributed by atoms with Crippen LogP contribution in [-0.4, -0.2) is 14.3 Å². The molecule has 5 nitrogen and oxygen atoms in total. The smallest absolute Gasteiger partial charge is 0.322 e. The van der Waals surface area contributed by atoms with Gasteiger partial charge in [0.2, 0.25) is 10.0 Å². The molecule has 0 atom stereocenters. The van der Waals surface area contributed by atoms with E-state index in [2.05, 4.69) is 10.0 Å². The van der Waals surface area contributed by atoms with Gasteiger partial charge in [0, 0.05) is 17.8 Å². The van der Waals surface area contributed by atoms with Crippen molar-refractivity contribution in [1.29, 1.82) is 0 Å². The molecule has 0 unspecified atom stereocenters. The first-order valence-electron chi connectivity index (χ1n) is 9.60. The van der Waals surface area contributed by atoms with Crippen LogP contribution in [0.25, 0.3) is 0 Å². The van der Waals surface area contributed by atoms with Crippen molar-refractivity contribution in [2.45, 2.75) is 31.5 Å². The molecule has 0 heterocycles. The van der Waals surface area contributed by atoms with Gasteiger partial charge in [-0.25, -0.2) is 13.1 Å². The fourth-order valence-corrected chi connectivity index (χ4v) is 4.35. The molecule has 9 heteroatoms. The summed E-state index contributed by atoms with van der Waals surface area (Å²) in [5.74, 6) is -0.577. The number of carbonyl (C=O) groups excluding carboxylic acids is 1. The standard InChI is InChI=1S/C23H21F3N2O3S/c1-15-6-7-16(2)21(12-15)32(30,31)27-14-17-8-10-18(11-9-17)22(29)28-20-5-3-4-19(13-20)23(24,25)26/h3-13,27H,14H2,1-2H3,(H,28,29). The minimum atomic E-state index is -4.51. The number of anilines is 1. The lowest BCUT2D eigenvalue weighted by Gasteiger charge is -2.11. The molecule has 32 heavy (non-hydrogen) atoms. The molecule has 0 aliphatic carbocycles. The summed E-state index contributed by atoms with van der Waals surface area (Å²) in [4.78, 5) is 12.6. The van der Waals surface area contributed by atoms with Crippen molar-refractivity contribution in [3.63, 3.8) is 0 Å². The summed E-state index contributed by atoms with van der Waals surface area (Å²) in [7, 11) is -3.72. The number of benzene rings is 3. The molecule has 168 valence electrons. The Morgan fingerprint density at radius 3 is 2.28 bits per heavy atom. The number of halogens is 3. The van der Waals surface area contributed by atoms with E-state index < -0.39 is 27.7 Å². The third-order valence-electron chi connectivity index (χ3n) is 4.76. The van der Waals surface area contributed by atoms with Crippen LogP contribution in [0.15, 0.2) is 71.6 Å². The summed E-state index contributed by atoms with van der Waals surface area (Å²) in [6.07, 6.45) is -4.51. The average molecular weight is 462 g/mol. The van der Waals surface area contributed by atoms with Gasteiger partial charge < -0.3 is 5.32 Å². The maximum atomic E-state index is 12.8. The lowest BCUT2D eigenvalue weighted by atomic mass is 10.1. The van der Waals surface area contributed by atoms with Crippen molar-refractivity contribution >= 4 is 21.6 Å². The van der Waals surface area contributed by atoms with Gasteiger partial charge in [-0.05, 0) is 66.9 Å². The summed E-state index contributed by atoms with van der Waals surface area (Å²) in [5, 5.41) is 2.43. The normalized spacial score (nSPS) is 11.9. The number of alkyl halides is 3. The average Bonchev–Trinajstić information content (AvgIpc) is 2.74. The Labute approximate surface area is 184 Å². The largest absolute Gasteiger partial charge is 0.416 e. The third-order valence-corrected chi connectivity index (χ3v) is 6.31. The second-order valence-electron chi connectivity index (χ2n) is 7.32. The lowest BCUT2D eigenvalue weighted by Crippen LogP contribution is -2.24. The number of rotatable bonds is 6. The van der Waals surface area contributed by atoms with E-state index in [1.807, 2.05) is 13.0 Å². The van der Waals surface area contributed by atoms with E-state index in [4.69, 9.17) is 0 Å². The van der Waals surface area contributed by atoms with Crippen molar-refractivity contribution in [2.75, 3.05) is 5.32 Å². The molecule has 0 spiro atoms. The van der Waals surface area contributed by atoms with E-state index in [1.165, 1.54) is 24.3 Å². The maximum absolute atomic E-state index is 12.8. The van der Waals surface area contributed by atoms with Crippen LogP contribution in [0.1, 0.15) is 32.6 Å². The van der Waals surface area contributed by atoms with E-state index >= 15 is 0 Å². The first-order valence-corrected chi connectivity index (χ1v) is 11.1. The van der Waals surface area contributed by atoms with Crippen LogP contribution in [0.4, 0.5) is 18.9 Å². The van der Waals surface area contributed by atoms with Crippen LogP contribution >= 0.6 is 0 Å². The highest BCUT2D eigenvalue weighted by atomic mass is 32.2. The molecule has 0 aliphatic rings. The zero-order valence-corrected chi connectivity index (χ0v) is 18.1. The van der Waals surface area contributed by atoms with Crippen LogP contribution in [0.3, 0.4) is 0 Å². The maximum Gasteiger partial charge on any atom is 0.416 e. The van der Waals surface area contributed by atoms with Gasteiger partial charge in [0.05, 0.1) is 10.5 Å². The number of nitrogens with one attached hydrogen (secondary N) is 2.